The summed E-state index contributed by atoms with van der Waals surface area (Å²) in [5.41, 5.74) is 1.62. The molecule has 0 N–H and O–H groups in total. The van der Waals surface area contributed by atoms with Crippen molar-refractivity contribution in [2.75, 3.05) is 11.9 Å². The smallest absolute Gasteiger partial charge is 0.236 e. The minimum atomic E-state index is -4.04. The van der Waals surface area contributed by atoms with E-state index in [0.29, 0.717) is 12.1 Å². The van der Waals surface area contributed by atoms with Gasteiger partial charge in [0.25, 0.3) is 0 Å². The third kappa shape index (κ3) is 4.55. The normalized spacial score (nSPS) is 11.5. The Labute approximate surface area is 188 Å². The molecule has 4 rings (SSSR count). The molecule has 0 radical (unpaired) electrons. The fourth-order valence-electron chi connectivity index (χ4n) is 3.08. The van der Waals surface area contributed by atoms with Gasteiger partial charge in [-0.2, -0.15) is 4.98 Å². The van der Waals surface area contributed by atoms with Gasteiger partial charge >= 0.3 is 0 Å². The Morgan fingerprint density at radius 1 is 0.968 bits per heavy atom. The van der Waals surface area contributed by atoms with Gasteiger partial charge in [-0.25, -0.2) is 12.8 Å². The Morgan fingerprint density at radius 3 is 2.26 bits per heavy atom. The molecule has 1 aromatic heterocycles. The number of aromatic nitrogens is 1. The first kappa shape index (κ1) is 21.3. The van der Waals surface area contributed by atoms with Gasteiger partial charge in [-0.05, 0) is 54.1 Å². The van der Waals surface area contributed by atoms with Crippen molar-refractivity contribution in [2.24, 2.45) is 0 Å². The molecule has 0 aliphatic rings. The number of benzene rings is 3. The average Bonchev–Trinajstić information content (AvgIpc) is 3.22. The summed E-state index contributed by atoms with van der Waals surface area (Å²) in [5.74, 6) is -0.217. The SMILES string of the molecule is CN(Cc1ccccc1)c1oc(-c2ccc(Br)cc2)nc1S(=O)(=O)c1ccc(F)cc1. The predicted octanol–water partition coefficient (Wildman–Crippen LogP) is 5.71. The Kier molecular flexibility index (Phi) is 5.93. The van der Waals surface area contributed by atoms with E-state index in [0.717, 1.165) is 22.2 Å². The van der Waals surface area contributed by atoms with Crippen LogP contribution in [-0.2, 0) is 16.4 Å². The molecular weight excluding hydrogens is 483 g/mol. The van der Waals surface area contributed by atoms with Gasteiger partial charge in [-0.15, -0.1) is 0 Å². The Bertz CT molecular complexity index is 1290. The van der Waals surface area contributed by atoms with E-state index >= 15 is 0 Å². The third-order valence-corrected chi connectivity index (χ3v) is 6.85. The standard InChI is InChI=1S/C23H18BrFN2O3S/c1-27(15-16-5-3-2-4-6-16)23-22(31(28,29)20-13-11-19(25)12-14-20)26-21(30-23)17-7-9-18(24)10-8-17/h2-14H,15H2,1H3. The van der Waals surface area contributed by atoms with Crippen molar-refractivity contribution in [3.8, 4) is 11.5 Å². The second-order valence-electron chi connectivity index (χ2n) is 6.94. The van der Waals surface area contributed by atoms with Gasteiger partial charge in [0.2, 0.25) is 26.6 Å². The Morgan fingerprint density at radius 2 is 1.61 bits per heavy atom. The van der Waals surface area contributed by atoms with Gasteiger partial charge in [0, 0.05) is 23.6 Å². The molecule has 0 aliphatic carbocycles. The van der Waals surface area contributed by atoms with Crippen molar-refractivity contribution in [3.63, 3.8) is 0 Å². The summed E-state index contributed by atoms with van der Waals surface area (Å²) < 4.78 is 46.9. The third-order valence-electron chi connectivity index (χ3n) is 4.66. The van der Waals surface area contributed by atoms with Gasteiger partial charge in [0.05, 0.1) is 4.90 Å². The van der Waals surface area contributed by atoms with E-state index in [1.807, 2.05) is 42.5 Å². The monoisotopic (exact) mass is 500 g/mol. The predicted molar refractivity (Wildman–Crippen MR) is 120 cm³/mol. The molecule has 1 heterocycles. The summed E-state index contributed by atoms with van der Waals surface area (Å²) in [6.45, 7) is 0.418. The first-order chi connectivity index (χ1) is 14.8. The number of sulfone groups is 1. The highest BCUT2D eigenvalue weighted by atomic mass is 79.9. The lowest BCUT2D eigenvalue weighted by Crippen LogP contribution is -2.18. The molecule has 4 aromatic rings. The van der Waals surface area contributed by atoms with Crippen molar-refractivity contribution in [1.82, 2.24) is 4.98 Å². The highest BCUT2D eigenvalue weighted by molar-refractivity contribution is 9.10. The van der Waals surface area contributed by atoms with Crippen LogP contribution in [0.1, 0.15) is 5.56 Å². The maximum Gasteiger partial charge on any atom is 0.236 e. The van der Waals surface area contributed by atoms with Crippen LogP contribution in [0.2, 0.25) is 0 Å². The largest absolute Gasteiger partial charge is 0.419 e. The van der Waals surface area contributed by atoms with E-state index in [2.05, 4.69) is 20.9 Å². The number of hydrogen-bond acceptors (Lipinski definition) is 5. The minimum absolute atomic E-state index is 0.0566. The zero-order valence-electron chi connectivity index (χ0n) is 16.5. The lowest BCUT2D eigenvalue weighted by Gasteiger charge is -2.17. The van der Waals surface area contributed by atoms with Crippen molar-refractivity contribution in [2.45, 2.75) is 16.5 Å². The quantitative estimate of drug-likeness (QED) is 0.317. The minimum Gasteiger partial charge on any atom is -0.419 e. The molecule has 0 amide bonds. The molecule has 0 bridgehead atoms. The molecule has 8 heteroatoms. The van der Waals surface area contributed by atoms with Crippen LogP contribution in [0.25, 0.3) is 11.5 Å². The van der Waals surface area contributed by atoms with Crippen LogP contribution < -0.4 is 4.90 Å². The zero-order chi connectivity index (χ0) is 22.0. The van der Waals surface area contributed by atoms with Crippen LogP contribution >= 0.6 is 15.9 Å². The summed E-state index contributed by atoms with van der Waals surface area (Å²) in [6, 6.07) is 21.5. The van der Waals surface area contributed by atoms with Gasteiger partial charge in [0.15, 0.2) is 0 Å². The first-order valence-electron chi connectivity index (χ1n) is 9.37. The van der Waals surface area contributed by atoms with Crippen LogP contribution in [0.3, 0.4) is 0 Å². The van der Waals surface area contributed by atoms with Crippen molar-refractivity contribution < 1.29 is 17.2 Å². The van der Waals surface area contributed by atoms with Gasteiger partial charge in [0.1, 0.15) is 5.82 Å². The zero-order valence-corrected chi connectivity index (χ0v) is 18.9. The van der Waals surface area contributed by atoms with E-state index < -0.39 is 15.7 Å². The summed E-state index contributed by atoms with van der Waals surface area (Å²) in [4.78, 5) is 5.98. The maximum atomic E-state index is 13.3. The van der Waals surface area contributed by atoms with Crippen molar-refractivity contribution in [3.05, 3.63) is 94.7 Å². The van der Waals surface area contributed by atoms with E-state index in [9.17, 15) is 12.8 Å². The second-order valence-corrected chi connectivity index (χ2v) is 9.72. The molecular formula is C23H18BrFN2O3S. The van der Waals surface area contributed by atoms with E-state index in [1.165, 1.54) is 12.1 Å². The van der Waals surface area contributed by atoms with Gasteiger partial charge in [-0.1, -0.05) is 46.3 Å². The molecule has 158 valence electrons. The summed E-state index contributed by atoms with van der Waals surface area (Å²) in [7, 11) is -2.30. The number of halogens is 2. The van der Waals surface area contributed by atoms with Crippen LogP contribution in [-0.4, -0.2) is 20.4 Å². The van der Waals surface area contributed by atoms with E-state index in [-0.39, 0.29) is 21.7 Å². The molecule has 31 heavy (non-hydrogen) atoms. The molecule has 0 spiro atoms. The second kappa shape index (κ2) is 8.64. The topological polar surface area (TPSA) is 63.4 Å². The van der Waals surface area contributed by atoms with Crippen molar-refractivity contribution in [1.29, 1.82) is 0 Å². The summed E-state index contributed by atoms with van der Waals surface area (Å²) in [6.07, 6.45) is 0. The molecule has 3 aromatic carbocycles. The van der Waals surface area contributed by atoms with Crippen LogP contribution in [0.15, 0.2) is 97.7 Å². The molecule has 0 aliphatic heterocycles. The fourth-order valence-corrected chi connectivity index (χ4v) is 4.70. The van der Waals surface area contributed by atoms with Crippen LogP contribution in [0.5, 0.6) is 0 Å². The van der Waals surface area contributed by atoms with Gasteiger partial charge < -0.3 is 9.32 Å². The maximum absolute atomic E-state index is 13.3. The van der Waals surface area contributed by atoms with Crippen LogP contribution in [0, 0.1) is 5.82 Å². The number of oxazole rings is 1. The number of anilines is 1. The highest BCUT2D eigenvalue weighted by Crippen LogP contribution is 2.35. The van der Waals surface area contributed by atoms with E-state index in [1.54, 1.807) is 24.1 Å². The Balaban J connectivity index is 1.81. The number of nitrogens with zero attached hydrogens (tertiary/aromatic N) is 2. The number of hydrogen-bond donors (Lipinski definition) is 0. The summed E-state index contributed by atoms with van der Waals surface area (Å²) in [5, 5.41) is -0.213. The van der Waals surface area contributed by atoms with Gasteiger partial charge in [-0.3, -0.25) is 0 Å². The first-order valence-corrected chi connectivity index (χ1v) is 11.6. The lowest BCUT2D eigenvalue weighted by atomic mass is 10.2. The Hall–Kier alpha value is -2.97. The van der Waals surface area contributed by atoms with Crippen LogP contribution in [0.4, 0.5) is 10.3 Å². The van der Waals surface area contributed by atoms with E-state index in [4.69, 9.17) is 4.42 Å². The number of rotatable bonds is 6. The molecule has 0 unspecified atom stereocenters. The summed E-state index contributed by atoms with van der Waals surface area (Å²) >= 11 is 3.38. The fraction of sp³-hybridized carbons (Fsp3) is 0.0870. The average molecular weight is 501 g/mol. The molecule has 0 atom stereocenters. The lowest BCUT2D eigenvalue weighted by molar-refractivity contribution is 0.554. The molecule has 0 saturated carbocycles. The molecule has 0 fully saturated rings. The molecule has 5 nitrogen and oxygen atoms in total. The molecule has 0 saturated heterocycles. The highest BCUT2D eigenvalue weighted by Gasteiger charge is 2.30. The van der Waals surface area contributed by atoms with Crippen molar-refractivity contribution >= 4 is 31.7 Å².